The van der Waals surface area contributed by atoms with Crippen LogP contribution in [-0.4, -0.2) is 17.7 Å². The molecule has 6 nitrogen and oxygen atoms in total. The molecule has 0 saturated carbocycles. The average molecular weight is 285 g/mol. The van der Waals surface area contributed by atoms with Gasteiger partial charge in [0.1, 0.15) is 5.75 Å². The highest BCUT2D eigenvalue weighted by molar-refractivity contribution is 5.99. The van der Waals surface area contributed by atoms with Crippen molar-refractivity contribution in [2.45, 2.75) is 6.92 Å². The molecule has 21 heavy (non-hydrogen) atoms. The zero-order valence-corrected chi connectivity index (χ0v) is 11.7. The Morgan fingerprint density at radius 2 is 1.95 bits per heavy atom. The van der Waals surface area contributed by atoms with Crippen molar-refractivity contribution >= 4 is 17.1 Å². The van der Waals surface area contributed by atoms with Crippen molar-refractivity contribution in [1.29, 1.82) is 0 Å². The molecule has 0 aliphatic heterocycles. The molecular formula is C15H15N3O3. The third-order valence-corrected chi connectivity index (χ3v) is 2.92. The van der Waals surface area contributed by atoms with E-state index in [-0.39, 0.29) is 5.69 Å². The Hall–Kier alpha value is -2.89. The van der Waals surface area contributed by atoms with Crippen LogP contribution in [0.3, 0.4) is 0 Å². The maximum Gasteiger partial charge on any atom is 0.269 e. The summed E-state index contributed by atoms with van der Waals surface area (Å²) in [7, 11) is 1.61. The third kappa shape index (κ3) is 3.79. The van der Waals surface area contributed by atoms with Gasteiger partial charge in [0.05, 0.1) is 23.4 Å². The van der Waals surface area contributed by atoms with E-state index < -0.39 is 4.92 Å². The van der Waals surface area contributed by atoms with Crippen LogP contribution in [0, 0.1) is 10.1 Å². The fraction of sp³-hybridized carbons (Fsp3) is 0.133. The number of nitrogens with zero attached hydrogens (tertiary/aromatic N) is 2. The minimum Gasteiger partial charge on any atom is -0.497 e. The lowest BCUT2D eigenvalue weighted by atomic mass is 10.1. The summed E-state index contributed by atoms with van der Waals surface area (Å²) in [5, 5.41) is 14.8. The first-order valence-corrected chi connectivity index (χ1v) is 6.29. The van der Waals surface area contributed by atoms with Gasteiger partial charge in [-0.2, -0.15) is 5.10 Å². The van der Waals surface area contributed by atoms with Gasteiger partial charge in [0, 0.05) is 17.7 Å². The monoisotopic (exact) mass is 285 g/mol. The van der Waals surface area contributed by atoms with Crippen LogP contribution in [0.25, 0.3) is 0 Å². The van der Waals surface area contributed by atoms with Crippen molar-refractivity contribution in [2.24, 2.45) is 5.10 Å². The summed E-state index contributed by atoms with van der Waals surface area (Å²) in [6.45, 7) is 1.87. The fourth-order valence-corrected chi connectivity index (χ4v) is 1.72. The lowest BCUT2D eigenvalue weighted by molar-refractivity contribution is -0.384. The maximum absolute atomic E-state index is 10.6. The number of hydrazone groups is 1. The molecule has 0 aromatic heterocycles. The summed E-state index contributed by atoms with van der Waals surface area (Å²) < 4.78 is 5.16. The number of methoxy groups -OCH3 is 1. The third-order valence-electron chi connectivity index (χ3n) is 2.92. The minimum atomic E-state index is -0.436. The van der Waals surface area contributed by atoms with E-state index in [4.69, 9.17) is 4.74 Å². The van der Waals surface area contributed by atoms with E-state index in [9.17, 15) is 10.1 Å². The number of nitro groups is 1. The number of non-ortho nitro benzene ring substituents is 1. The minimum absolute atomic E-state index is 0.0500. The molecule has 2 aromatic carbocycles. The SMILES string of the molecule is COc1cccc(/C(C)=N/Nc2ccc([N+](=O)[O-])cc2)c1. The summed E-state index contributed by atoms with van der Waals surface area (Å²) in [6.07, 6.45) is 0. The Balaban J connectivity index is 2.10. The molecule has 0 fully saturated rings. The van der Waals surface area contributed by atoms with E-state index in [1.54, 1.807) is 19.2 Å². The molecule has 0 spiro atoms. The van der Waals surface area contributed by atoms with E-state index in [1.807, 2.05) is 31.2 Å². The van der Waals surface area contributed by atoms with Gasteiger partial charge in [-0.15, -0.1) is 0 Å². The summed E-state index contributed by atoms with van der Waals surface area (Å²) in [4.78, 5) is 10.1. The molecule has 0 bridgehead atoms. The van der Waals surface area contributed by atoms with Gasteiger partial charge in [-0.25, -0.2) is 0 Å². The standard InChI is InChI=1S/C15H15N3O3/c1-11(12-4-3-5-15(10-12)21-2)16-17-13-6-8-14(9-7-13)18(19)20/h3-10,17H,1-2H3/b16-11+. The smallest absolute Gasteiger partial charge is 0.269 e. The van der Waals surface area contributed by atoms with Crippen LogP contribution in [-0.2, 0) is 0 Å². The molecular weight excluding hydrogens is 270 g/mol. The fourth-order valence-electron chi connectivity index (χ4n) is 1.72. The van der Waals surface area contributed by atoms with Crippen molar-refractivity contribution in [3.63, 3.8) is 0 Å². The largest absolute Gasteiger partial charge is 0.497 e. The molecule has 0 heterocycles. The van der Waals surface area contributed by atoms with Crippen molar-refractivity contribution in [3.05, 3.63) is 64.2 Å². The predicted octanol–water partition coefficient (Wildman–Crippen LogP) is 3.44. The van der Waals surface area contributed by atoms with Crippen LogP contribution in [0.5, 0.6) is 5.75 Å². The van der Waals surface area contributed by atoms with Crippen molar-refractivity contribution < 1.29 is 9.66 Å². The second kappa shape index (κ2) is 6.51. The molecule has 0 aliphatic rings. The lowest BCUT2D eigenvalue weighted by Gasteiger charge is -2.05. The Bertz CT molecular complexity index is 666. The highest BCUT2D eigenvalue weighted by atomic mass is 16.6. The number of ether oxygens (including phenoxy) is 1. The van der Waals surface area contributed by atoms with E-state index in [1.165, 1.54) is 12.1 Å². The lowest BCUT2D eigenvalue weighted by Crippen LogP contribution is -2.00. The van der Waals surface area contributed by atoms with E-state index in [2.05, 4.69) is 10.5 Å². The van der Waals surface area contributed by atoms with E-state index in [0.29, 0.717) is 5.69 Å². The molecule has 6 heteroatoms. The van der Waals surface area contributed by atoms with Crippen LogP contribution < -0.4 is 10.2 Å². The van der Waals surface area contributed by atoms with Gasteiger partial charge < -0.3 is 4.74 Å². The number of benzene rings is 2. The molecule has 0 atom stereocenters. The molecule has 0 unspecified atom stereocenters. The molecule has 0 radical (unpaired) electrons. The number of hydrogen-bond acceptors (Lipinski definition) is 5. The zero-order valence-electron chi connectivity index (χ0n) is 11.7. The first-order valence-electron chi connectivity index (χ1n) is 6.29. The van der Waals surface area contributed by atoms with Crippen LogP contribution in [0.2, 0.25) is 0 Å². The highest BCUT2D eigenvalue weighted by Crippen LogP contribution is 2.16. The molecule has 108 valence electrons. The topological polar surface area (TPSA) is 76.8 Å². The van der Waals surface area contributed by atoms with E-state index in [0.717, 1.165) is 17.0 Å². The van der Waals surface area contributed by atoms with Gasteiger partial charge in [0.2, 0.25) is 0 Å². The van der Waals surface area contributed by atoms with Crippen molar-refractivity contribution in [2.75, 3.05) is 12.5 Å². The van der Waals surface area contributed by atoms with E-state index >= 15 is 0 Å². The molecule has 0 aliphatic carbocycles. The van der Waals surface area contributed by atoms with Gasteiger partial charge in [0.25, 0.3) is 5.69 Å². The summed E-state index contributed by atoms with van der Waals surface area (Å²) in [6, 6.07) is 13.6. The number of nitrogens with one attached hydrogen (secondary N) is 1. The van der Waals surface area contributed by atoms with Crippen LogP contribution in [0.4, 0.5) is 11.4 Å². The Labute approximate surface area is 122 Å². The zero-order chi connectivity index (χ0) is 15.2. The molecule has 0 amide bonds. The number of nitro benzene ring substituents is 1. The van der Waals surface area contributed by atoms with Gasteiger partial charge in [-0.3, -0.25) is 15.5 Å². The second-order valence-corrected chi connectivity index (χ2v) is 4.34. The Morgan fingerprint density at radius 3 is 2.57 bits per heavy atom. The van der Waals surface area contributed by atoms with Crippen LogP contribution in [0.1, 0.15) is 12.5 Å². The van der Waals surface area contributed by atoms with Crippen LogP contribution >= 0.6 is 0 Å². The van der Waals surface area contributed by atoms with Gasteiger partial charge >= 0.3 is 0 Å². The van der Waals surface area contributed by atoms with Crippen molar-refractivity contribution in [1.82, 2.24) is 0 Å². The Morgan fingerprint density at radius 1 is 1.24 bits per heavy atom. The summed E-state index contributed by atoms with van der Waals surface area (Å²) >= 11 is 0. The number of rotatable bonds is 5. The second-order valence-electron chi connectivity index (χ2n) is 4.34. The number of anilines is 1. The highest BCUT2D eigenvalue weighted by Gasteiger charge is 2.03. The average Bonchev–Trinajstić information content (AvgIpc) is 2.53. The maximum atomic E-state index is 10.6. The first kappa shape index (κ1) is 14.5. The Kier molecular flexibility index (Phi) is 4.50. The van der Waals surface area contributed by atoms with Crippen LogP contribution in [0.15, 0.2) is 53.6 Å². The molecule has 2 rings (SSSR count). The van der Waals surface area contributed by atoms with Crippen molar-refractivity contribution in [3.8, 4) is 5.75 Å². The first-order chi connectivity index (χ1) is 10.1. The molecule has 2 aromatic rings. The molecule has 1 N–H and O–H groups in total. The molecule has 0 saturated heterocycles. The summed E-state index contributed by atoms with van der Waals surface area (Å²) in [5.41, 5.74) is 5.32. The predicted molar refractivity (Wildman–Crippen MR) is 81.9 cm³/mol. The summed E-state index contributed by atoms with van der Waals surface area (Å²) in [5.74, 6) is 0.761. The van der Waals surface area contributed by atoms with Gasteiger partial charge in [0.15, 0.2) is 0 Å². The normalized spacial score (nSPS) is 11.0. The van der Waals surface area contributed by atoms with Gasteiger partial charge in [-0.1, -0.05) is 12.1 Å². The van der Waals surface area contributed by atoms with Gasteiger partial charge in [-0.05, 0) is 31.2 Å². The number of hydrogen-bond donors (Lipinski definition) is 1. The quantitative estimate of drug-likeness (QED) is 0.518.